The van der Waals surface area contributed by atoms with Gasteiger partial charge in [0.25, 0.3) is 0 Å². The summed E-state index contributed by atoms with van der Waals surface area (Å²) in [5, 5.41) is 19.8. The normalized spacial score (nSPS) is 13.8. The molecule has 4 N–H and O–H groups in total. The van der Waals surface area contributed by atoms with Crippen molar-refractivity contribution in [1.29, 1.82) is 0 Å². The van der Waals surface area contributed by atoms with Crippen LogP contribution in [0.15, 0.2) is 36.4 Å². The average Bonchev–Trinajstić information content (AvgIpc) is 2.72. The highest BCUT2D eigenvalue weighted by Crippen LogP contribution is 2.16. The number of benzene rings is 1. The third-order valence-corrected chi connectivity index (χ3v) is 5.31. The van der Waals surface area contributed by atoms with E-state index in [-0.39, 0.29) is 19.0 Å². The van der Waals surface area contributed by atoms with Crippen molar-refractivity contribution in [2.75, 3.05) is 6.61 Å². The van der Waals surface area contributed by atoms with Gasteiger partial charge in [-0.25, -0.2) is 0 Å². The van der Waals surface area contributed by atoms with Crippen LogP contribution in [0.3, 0.4) is 0 Å². The van der Waals surface area contributed by atoms with E-state index in [2.05, 4.69) is 6.92 Å². The molecule has 0 saturated heterocycles. The molecule has 2 unspecified atom stereocenters. The van der Waals surface area contributed by atoms with Gasteiger partial charge in [-0.3, -0.25) is 0 Å². The number of unbranched alkanes of at least 4 members (excludes halogenated alkanes) is 11. The second kappa shape index (κ2) is 17.5. The van der Waals surface area contributed by atoms with E-state index >= 15 is 0 Å². The maximum Gasteiger partial charge on any atom is 0.121 e. The first kappa shape index (κ1) is 25.7. The molecular formula is C25H43NO3. The third kappa shape index (κ3) is 13.5. The van der Waals surface area contributed by atoms with Crippen LogP contribution in [0.25, 0.3) is 0 Å². The number of hydrogen-bond donors (Lipinski definition) is 3. The lowest BCUT2D eigenvalue weighted by atomic mass is 10.0. The zero-order chi connectivity index (χ0) is 21.2. The summed E-state index contributed by atoms with van der Waals surface area (Å²) in [6.07, 6.45) is 18.9. The number of para-hydroxylation sites is 1. The number of aliphatic hydroxyl groups excluding tert-OH is 1. The Morgan fingerprint density at radius 3 is 2.14 bits per heavy atom. The Kier molecular flexibility index (Phi) is 15.5. The number of phenolic OH excluding ortho intramolecular Hbond substituents is 1. The Hall–Kier alpha value is -1.36. The Labute approximate surface area is 178 Å². The van der Waals surface area contributed by atoms with Crippen LogP contribution in [0.5, 0.6) is 5.75 Å². The largest absolute Gasteiger partial charge is 0.508 e. The quantitative estimate of drug-likeness (QED) is 0.211. The summed E-state index contributed by atoms with van der Waals surface area (Å²) >= 11 is 0. The van der Waals surface area contributed by atoms with Crippen LogP contribution in [0.2, 0.25) is 0 Å². The number of nitrogens with two attached hydrogens (primary N) is 1. The molecule has 4 nitrogen and oxygen atoms in total. The Bertz CT molecular complexity index is 533. The summed E-state index contributed by atoms with van der Waals surface area (Å²) in [6, 6.07) is 6.60. The molecule has 0 saturated carbocycles. The lowest BCUT2D eigenvalue weighted by molar-refractivity contribution is 0.0704. The minimum absolute atomic E-state index is 0.216. The summed E-state index contributed by atoms with van der Waals surface area (Å²) in [5.74, 6) is 0.216. The number of phenols is 1. The van der Waals surface area contributed by atoms with Crippen molar-refractivity contribution in [3.05, 3.63) is 42.0 Å². The van der Waals surface area contributed by atoms with E-state index in [9.17, 15) is 10.2 Å². The number of aromatic hydroxyl groups is 1. The molecular weight excluding hydrogens is 362 g/mol. The molecule has 1 aromatic rings. The van der Waals surface area contributed by atoms with Crippen LogP contribution >= 0.6 is 0 Å². The number of aliphatic hydroxyl groups is 1. The maximum absolute atomic E-state index is 10.1. The number of ether oxygens (including phenoxy) is 1. The van der Waals surface area contributed by atoms with Crippen molar-refractivity contribution in [3.8, 4) is 5.75 Å². The van der Waals surface area contributed by atoms with Gasteiger partial charge in [0, 0.05) is 5.56 Å². The summed E-state index contributed by atoms with van der Waals surface area (Å²) in [6.45, 7) is 2.80. The van der Waals surface area contributed by atoms with Crippen LogP contribution < -0.4 is 5.73 Å². The molecule has 0 aromatic heterocycles. The van der Waals surface area contributed by atoms with Crippen LogP contribution in [0, 0.1) is 0 Å². The van der Waals surface area contributed by atoms with Crippen molar-refractivity contribution in [2.45, 2.75) is 103 Å². The van der Waals surface area contributed by atoms with E-state index < -0.39 is 12.1 Å². The van der Waals surface area contributed by atoms with E-state index in [1.807, 2.05) is 18.2 Å². The SMILES string of the molecule is CCCCCCCCCCCCC/C=C/C(O)C(N)COCc1ccccc1O. The summed E-state index contributed by atoms with van der Waals surface area (Å²) in [5.41, 5.74) is 6.70. The van der Waals surface area contributed by atoms with Gasteiger partial charge in [-0.05, 0) is 18.9 Å². The molecule has 0 radical (unpaired) electrons. The van der Waals surface area contributed by atoms with Crippen LogP contribution in [0.1, 0.15) is 89.5 Å². The van der Waals surface area contributed by atoms with E-state index in [1.54, 1.807) is 18.2 Å². The van der Waals surface area contributed by atoms with Gasteiger partial charge in [0.2, 0.25) is 0 Å². The fourth-order valence-corrected chi connectivity index (χ4v) is 3.34. The smallest absolute Gasteiger partial charge is 0.121 e. The fraction of sp³-hybridized carbons (Fsp3) is 0.680. The predicted molar refractivity (Wildman–Crippen MR) is 122 cm³/mol. The zero-order valence-electron chi connectivity index (χ0n) is 18.4. The van der Waals surface area contributed by atoms with Crippen molar-refractivity contribution >= 4 is 0 Å². The Morgan fingerprint density at radius 2 is 1.52 bits per heavy atom. The number of hydrogen-bond acceptors (Lipinski definition) is 4. The second-order valence-corrected chi connectivity index (χ2v) is 8.05. The van der Waals surface area contributed by atoms with Crippen LogP contribution in [-0.4, -0.2) is 29.0 Å². The van der Waals surface area contributed by atoms with Crippen molar-refractivity contribution in [1.82, 2.24) is 0 Å². The van der Waals surface area contributed by atoms with Crippen molar-refractivity contribution < 1.29 is 14.9 Å². The minimum Gasteiger partial charge on any atom is -0.508 e. The van der Waals surface area contributed by atoms with Gasteiger partial charge in [-0.1, -0.05) is 101 Å². The standard InChI is InChI=1S/C25H43NO3/c1-2-3-4-5-6-7-8-9-10-11-12-13-14-19-25(28)23(26)21-29-20-22-17-15-16-18-24(22)27/h14-19,23,25,27-28H,2-13,20-21,26H2,1H3/b19-14+. The first-order chi connectivity index (χ1) is 14.1. The third-order valence-electron chi connectivity index (χ3n) is 5.31. The van der Waals surface area contributed by atoms with Crippen LogP contribution in [0.4, 0.5) is 0 Å². The van der Waals surface area contributed by atoms with Gasteiger partial charge in [-0.2, -0.15) is 0 Å². The van der Waals surface area contributed by atoms with Crippen LogP contribution in [-0.2, 0) is 11.3 Å². The highest BCUT2D eigenvalue weighted by Gasteiger charge is 2.12. The lowest BCUT2D eigenvalue weighted by Crippen LogP contribution is -2.37. The monoisotopic (exact) mass is 405 g/mol. The van der Waals surface area contributed by atoms with Gasteiger partial charge in [0.15, 0.2) is 0 Å². The Balaban J connectivity index is 1.97. The Morgan fingerprint density at radius 1 is 0.931 bits per heavy atom. The summed E-state index contributed by atoms with van der Waals surface area (Å²) < 4.78 is 5.52. The second-order valence-electron chi connectivity index (χ2n) is 8.05. The van der Waals surface area contributed by atoms with Crippen molar-refractivity contribution in [2.24, 2.45) is 5.73 Å². The summed E-state index contributed by atoms with van der Waals surface area (Å²) in [7, 11) is 0. The minimum atomic E-state index is -0.702. The molecule has 1 rings (SSSR count). The molecule has 0 aliphatic heterocycles. The highest BCUT2D eigenvalue weighted by molar-refractivity contribution is 5.30. The molecule has 1 aromatic carbocycles. The molecule has 29 heavy (non-hydrogen) atoms. The summed E-state index contributed by atoms with van der Waals surface area (Å²) in [4.78, 5) is 0. The average molecular weight is 406 g/mol. The fourth-order valence-electron chi connectivity index (χ4n) is 3.34. The molecule has 0 spiro atoms. The molecule has 0 heterocycles. The lowest BCUT2D eigenvalue weighted by Gasteiger charge is -2.16. The number of rotatable bonds is 18. The first-order valence-corrected chi connectivity index (χ1v) is 11.6. The molecule has 0 aliphatic carbocycles. The van der Waals surface area contributed by atoms with Gasteiger partial charge in [0.1, 0.15) is 5.75 Å². The molecule has 0 fully saturated rings. The van der Waals surface area contributed by atoms with Gasteiger partial charge in [0.05, 0.1) is 25.4 Å². The first-order valence-electron chi connectivity index (χ1n) is 11.6. The predicted octanol–water partition coefficient (Wildman–Crippen LogP) is 5.85. The van der Waals surface area contributed by atoms with Gasteiger partial charge in [-0.15, -0.1) is 0 Å². The van der Waals surface area contributed by atoms with Gasteiger partial charge < -0.3 is 20.7 Å². The van der Waals surface area contributed by atoms with E-state index in [1.165, 1.54) is 70.6 Å². The van der Waals surface area contributed by atoms with Crippen molar-refractivity contribution in [3.63, 3.8) is 0 Å². The zero-order valence-corrected chi connectivity index (χ0v) is 18.4. The maximum atomic E-state index is 10.1. The molecule has 166 valence electrons. The van der Waals surface area contributed by atoms with Gasteiger partial charge >= 0.3 is 0 Å². The van der Waals surface area contributed by atoms with E-state index in [0.29, 0.717) is 0 Å². The highest BCUT2D eigenvalue weighted by atomic mass is 16.5. The topological polar surface area (TPSA) is 75.7 Å². The molecule has 0 bridgehead atoms. The molecule has 0 aliphatic rings. The number of allylic oxidation sites excluding steroid dienone is 1. The van der Waals surface area contributed by atoms with E-state index in [0.717, 1.165) is 12.0 Å². The molecule has 2 atom stereocenters. The molecule has 4 heteroatoms. The van der Waals surface area contributed by atoms with E-state index in [4.69, 9.17) is 10.5 Å². The molecule has 0 amide bonds.